The molecule has 0 aliphatic carbocycles. The summed E-state index contributed by atoms with van der Waals surface area (Å²) in [5, 5.41) is 0. The minimum Gasteiger partial charge on any atom is -0.339 e. The van der Waals surface area contributed by atoms with E-state index in [1.165, 1.54) is 0 Å². The van der Waals surface area contributed by atoms with E-state index in [0.29, 0.717) is 0 Å². The van der Waals surface area contributed by atoms with Crippen LogP contribution in [-0.4, -0.2) is 13.1 Å². The summed E-state index contributed by atoms with van der Waals surface area (Å²) < 4.78 is 27.0. The molecule has 1 aliphatic heterocycles. The second-order valence-corrected chi connectivity index (χ2v) is 6.18. The van der Waals surface area contributed by atoms with Crippen LogP contribution in [0.5, 0.6) is 0 Å². The Kier molecular flexibility index (Phi) is 4.00. The maximum Gasteiger partial charge on any atom is 0.208 e. The second kappa shape index (κ2) is 5.84. The molecule has 0 saturated carbocycles. The van der Waals surface area contributed by atoms with E-state index in [-0.39, 0.29) is 11.6 Å². The van der Waals surface area contributed by atoms with Crippen molar-refractivity contribution in [1.29, 1.82) is 0 Å². The number of hydrogen-bond donors (Lipinski definition) is 0. The first kappa shape index (κ1) is 15.8. The van der Waals surface area contributed by atoms with Crippen molar-refractivity contribution in [3.8, 4) is 0 Å². The molecule has 2 aromatic rings. The standard InChI is InChI=1S/C19H20F2N2/c1-12-7-16(20)8-13(2)18(12)22-5-6-23(11-22)19-14(3)9-17(21)10-15(19)4/h7-10H,5-6H2,1-4H3. The summed E-state index contributed by atoms with van der Waals surface area (Å²) in [6.07, 6.45) is 0. The molecule has 2 aromatic carbocycles. The molecule has 0 spiro atoms. The number of benzene rings is 2. The van der Waals surface area contributed by atoms with Crippen LogP contribution in [-0.2, 0) is 0 Å². The van der Waals surface area contributed by atoms with E-state index < -0.39 is 0 Å². The van der Waals surface area contributed by atoms with Gasteiger partial charge in [-0.25, -0.2) is 8.78 Å². The molecule has 4 heteroatoms. The third-order valence-corrected chi connectivity index (χ3v) is 4.24. The third kappa shape index (κ3) is 2.90. The summed E-state index contributed by atoms with van der Waals surface area (Å²) in [7, 11) is 0. The highest BCUT2D eigenvalue weighted by atomic mass is 19.1. The first-order chi connectivity index (χ1) is 10.9. The zero-order chi connectivity index (χ0) is 16.7. The molecule has 2 radical (unpaired) electrons. The second-order valence-electron chi connectivity index (χ2n) is 6.18. The Morgan fingerprint density at radius 1 is 0.696 bits per heavy atom. The van der Waals surface area contributed by atoms with E-state index in [9.17, 15) is 8.78 Å². The number of halogens is 2. The lowest BCUT2D eigenvalue weighted by molar-refractivity contribution is 0.625. The Hall–Kier alpha value is -2.10. The molecular formula is C19H20F2N2. The third-order valence-electron chi connectivity index (χ3n) is 4.24. The molecule has 2 nitrogen and oxygen atoms in total. The van der Waals surface area contributed by atoms with Gasteiger partial charge in [0, 0.05) is 24.5 Å². The average Bonchev–Trinajstić information content (AvgIpc) is 2.85. The van der Waals surface area contributed by atoms with Crippen molar-refractivity contribution in [2.75, 3.05) is 22.9 Å². The zero-order valence-corrected chi connectivity index (χ0v) is 13.9. The number of aryl methyl sites for hydroxylation is 4. The predicted octanol–water partition coefficient (Wildman–Crippen LogP) is 4.52. The van der Waals surface area contributed by atoms with Crippen LogP contribution in [0.15, 0.2) is 24.3 Å². The van der Waals surface area contributed by atoms with Gasteiger partial charge in [-0.15, -0.1) is 0 Å². The lowest BCUT2D eigenvalue weighted by Crippen LogP contribution is -2.21. The summed E-state index contributed by atoms with van der Waals surface area (Å²) in [4.78, 5) is 4.04. The van der Waals surface area contributed by atoms with Gasteiger partial charge in [0.15, 0.2) is 0 Å². The fourth-order valence-electron chi connectivity index (χ4n) is 3.43. The molecule has 0 bridgehead atoms. The van der Waals surface area contributed by atoms with Gasteiger partial charge < -0.3 is 9.80 Å². The molecule has 1 aliphatic rings. The maximum atomic E-state index is 13.5. The smallest absolute Gasteiger partial charge is 0.208 e. The van der Waals surface area contributed by atoms with Crippen molar-refractivity contribution in [2.24, 2.45) is 0 Å². The van der Waals surface area contributed by atoms with Gasteiger partial charge in [-0.2, -0.15) is 0 Å². The molecule has 23 heavy (non-hydrogen) atoms. The Labute approximate surface area is 136 Å². The minimum atomic E-state index is -0.218. The van der Waals surface area contributed by atoms with E-state index in [1.807, 2.05) is 37.5 Å². The highest BCUT2D eigenvalue weighted by Gasteiger charge is 2.27. The maximum absolute atomic E-state index is 13.5. The minimum absolute atomic E-state index is 0.218. The molecule has 0 aromatic heterocycles. The summed E-state index contributed by atoms with van der Waals surface area (Å²) in [5.41, 5.74) is 5.56. The van der Waals surface area contributed by atoms with Crippen molar-refractivity contribution in [3.05, 3.63) is 64.8 Å². The van der Waals surface area contributed by atoms with Crippen LogP contribution in [0.25, 0.3) is 0 Å². The van der Waals surface area contributed by atoms with Crippen molar-refractivity contribution >= 4 is 11.4 Å². The van der Waals surface area contributed by atoms with E-state index in [2.05, 4.69) is 6.67 Å². The highest BCUT2D eigenvalue weighted by Crippen LogP contribution is 2.34. The van der Waals surface area contributed by atoms with E-state index in [0.717, 1.165) is 46.7 Å². The summed E-state index contributed by atoms with van der Waals surface area (Å²) in [6, 6.07) is 6.17. The fourth-order valence-corrected chi connectivity index (χ4v) is 3.43. The Morgan fingerprint density at radius 2 is 1.00 bits per heavy atom. The van der Waals surface area contributed by atoms with E-state index in [1.54, 1.807) is 24.3 Å². The van der Waals surface area contributed by atoms with Gasteiger partial charge in [0.25, 0.3) is 0 Å². The number of anilines is 2. The topological polar surface area (TPSA) is 6.48 Å². The molecule has 0 N–H and O–H groups in total. The van der Waals surface area contributed by atoms with Crippen molar-refractivity contribution < 1.29 is 8.78 Å². The van der Waals surface area contributed by atoms with Crippen LogP contribution in [0.2, 0.25) is 0 Å². The summed E-state index contributed by atoms with van der Waals surface area (Å²) >= 11 is 0. The quantitative estimate of drug-likeness (QED) is 0.804. The number of nitrogens with zero attached hydrogens (tertiary/aromatic N) is 2. The fraction of sp³-hybridized carbons (Fsp3) is 0.316. The molecule has 120 valence electrons. The average molecular weight is 314 g/mol. The molecule has 1 saturated heterocycles. The van der Waals surface area contributed by atoms with E-state index in [4.69, 9.17) is 0 Å². The van der Waals surface area contributed by atoms with Crippen LogP contribution < -0.4 is 9.80 Å². The molecule has 1 fully saturated rings. The molecule has 0 atom stereocenters. The van der Waals surface area contributed by atoms with Gasteiger partial charge in [0.2, 0.25) is 6.67 Å². The molecule has 0 amide bonds. The summed E-state index contributed by atoms with van der Waals surface area (Å²) in [6.45, 7) is 12.5. The van der Waals surface area contributed by atoms with Crippen molar-refractivity contribution in [1.82, 2.24) is 0 Å². The van der Waals surface area contributed by atoms with Crippen molar-refractivity contribution in [2.45, 2.75) is 27.7 Å². The first-order valence-electron chi connectivity index (χ1n) is 7.71. The van der Waals surface area contributed by atoms with Crippen LogP contribution >= 0.6 is 0 Å². The molecule has 3 rings (SSSR count). The van der Waals surface area contributed by atoms with Crippen molar-refractivity contribution in [3.63, 3.8) is 0 Å². The monoisotopic (exact) mass is 314 g/mol. The lowest BCUT2D eigenvalue weighted by Gasteiger charge is -2.24. The van der Waals surface area contributed by atoms with Gasteiger partial charge in [-0.1, -0.05) is 0 Å². The SMILES string of the molecule is Cc1cc(F)cc(C)c1N1[C]N(c2c(C)cc(F)cc2C)CC1. The predicted molar refractivity (Wildman–Crippen MR) is 89.7 cm³/mol. The zero-order valence-electron chi connectivity index (χ0n) is 13.9. The first-order valence-corrected chi connectivity index (χ1v) is 7.71. The summed E-state index contributed by atoms with van der Waals surface area (Å²) in [5.74, 6) is -0.435. The van der Waals surface area contributed by atoms with Gasteiger partial charge >= 0.3 is 0 Å². The molecule has 0 unspecified atom stereocenters. The van der Waals surface area contributed by atoms with Gasteiger partial charge in [-0.3, -0.25) is 0 Å². The largest absolute Gasteiger partial charge is 0.339 e. The van der Waals surface area contributed by atoms with Crippen LogP contribution in [0.1, 0.15) is 22.3 Å². The van der Waals surface area contributed by atoms with E-state index >= 15 is 0 Å². The Balaban J connectivity index is 1.91. The highest BCUT2D eigenvalue weighted by molar-refractivity contribution is 5.67. The Morgan fingerprint density at radius 3 is 1.30 bits per heavy atom. The molecular weight excluding hydrogens is 294 g/mol. The Bertz CT molecular complexity index is 646. The van der Waals surface area contributed by atoms with Gasteiger partial charge in [-0.05, 0) is 74.2 Å². The van der Waals surface area contributed by atoms with Gasteiger partial charge in [0.05, 0.1) is 0 Å². The van der Waals surface area contributed by atoms with Gasteiger partial charge in [0.1, 0.15) is 11.6 Å². The van der Waals surface area contributed by atoms with Crippen LogP contribution in [0, 0.1) is 46.0 Å². The van der Waals surface area contributed by atoms with Crippen LogP contribution in [0.3, 0.4) is 0 Å². The normalized spacial score (nSPS) is 14.7. The number of rotatable bonds is 2. The number of hydrogen-bond acceptors (Lipinski definition) is 2. The molecule has 1 heterocycles. The lowest BCUT2D eigenvalue weighted by atomic mass is 10.1. The van der Waals surface area contributed by atoms with Crippen LogP contribution in [0.4, 0.5) is 20.2 Å².